The smallest absolute Gasteiger partial charge is 0.0575 e. The van der Waals surface area contributed by atoms with E-state index >= 15 is 0 Å². The monoisotopic (exact) mass is 219 g/mol. The van der Waals surface area contributed by atoms with Gasteiger partial charge >= 0.3 is 0 Å². The van der Waals surface area contributed by atoms with E-state index in [4.69, 9.17) is 0 Å². The molecule has 1 aromatic heterocycles. The molecular weight excluding hydrogens is 198 g/mol. The second-order valence-electron chi connectivity index (χ2n) is 4.39. The van der Waals surface area contributed by atoms with Crippen molar-refractivity contribution in [2.75, 3.05) is 23.3 Å². The molecule has 0 radical (unpaired) electrons. The van der Waals surface area contributed by atoms with Gasteiger partial charge in [-0.3, -0.25) is 4.98 Å². The van der Waals surface area contributed by atoms with Crippen LogP contribution in [0.3, 0.4) is 0 Å². The van der Waals surface area contributed by atoms with Crippen molar-refractivity contribution in [3.8, 4) is 0 Å². The van der Waals surface area contributed by atoms with Crippen LogP contribution in [0, 0.1) is 0 Å². The van der Waals surface area contributed by atoms with E-state index in [0.29, 0.717) is 0 Å². The molecule has 0 spiro atoms. The molecule has 1 aliphatic rings. The molecule has 1 aromatic rings. The summed E-state index contributed by atoms with van der Waals surface area (Å²) in [7, 11) is 0. The van der Waals surface area contributed by atoms with Gasteiger partial charge in [-0.25, -0.2) is 0 Å². The number of hydrogen-bond acceptors (Lipinski definition) is 3. The SMILES string of the molecule is CCCN(c1cncc(NCC)c1)C1CC1. The van der Waals surface area contributed by atoms with Gasteiger partial charge in [-0.2, -0.15) is 0 Å². The molecule has 0 aromatic carbocycles. The van der Waals surface area contributed by atoms with Crippen LogP contribution in [0.5, 0.6) is 0 Å². The van der Waals surface area contributed by atoms with Crippen LogP contribution in [0.4, 0.5) is 11.4 Å². The Hall–Kier alpha value is -1.25. The first kappa shape index (κ1) is 11.2. The number of nitrogens with one attached hydrogen (secondary N) is 1. The van der Waals surface area contributed by atoms with Crippen LogP contribution in [0.15, 0.2) is 18.5 Å². The van der Waals surface area contributed by atoms with Crippen molar-refractivity contribution in [1.29, 1.82) is 0 Å². The molecule has 88 valence electrons. The lowest BCUT2D eigenvalue weighted by molar-refractivity contribution is 0.761. The maximum absolute atomic E-state index is 4.31. The van der Waals surface area contributed by atoms with E-state index in [2.05, 4.69) is 35.1 Å². The average molecular weight is 219 g/mol. The number of rotatable bonds is 6. The molecular formula is C13H21N3. The van der Waals surface area contributed by atoms with Crippen LogP contribution in [0.25, 0.3) is 0 Å². The Kier molecular flexibility index (Phi) is 3.65. The highest BCUT2D eigenvalue weighted by Gasteiger charge is 2.28. The van der Waals surface area contributed by atoms with E-state index < -0.39 is 0 Å². The fraction of sp³-hybridized carbons (Fsp3) is 0.615. The molecule has 1 aliphatic carbocycles. The van der Waals surface area contributed by atoms with Gasteiger partial charge in [-0.15, -0.1) is 0 Å². The molecule has 2 rings (SSSR count). The van der Waals surface area contributed by atoms with Crippen molar-refractivity contribution in [3.05, 3.63) is 18.5 Å². The third kappa shape index (κ3) is 2.65. The van der Waals surface area contributed by atoms with Gasteiger partial charge in [0.1, 0.15) is 0 Å². The van der Waals surface area contributed by atoms with Gasteiger partial charge in [0.05, 0.1) is 23.8 Å². The van der Waals surface area contributed by atoms with E-state index in [1.54, 1.807) is 0 Å². The Morgan fingerprint density at radius 1 is 1.38 bits per heavy atom. The van der Waals surface area contributed by atoms with Crippen molar-refractivity contribution >= 4 is 11.4 Å². The molecule has 16 heavy (non-hydrogen) atoms. The van der Waals surface area contributed by atoms with E-state index in [0.717, 1.165) is 24.8 Å². The summed E-state index contributed by atoms with van der Waals surface area (Å²) in [5.41, 5.74) is 2.39. The Morgan fingerprint density at radius 3 is 2.81 bits per heavy atom. The fourth-order valence-electron chi connectivity index (χ4n) is 2.04. The molecule has 0 bridgehead atoms. The predicted molar refractivity (Wildman–Crippen MR) is 69.1 cm³/mol. The van der Waals surface area contributed by atoms with Crippen molar-refractivity contribution < 1.29 is 0 Å². The maximum atomic E-state index is 4.31. The summed E-state index contributed by atoms with van der Waals surface area (Å²) in [6, 6.07) is 2.98. The number of pyridine rings is 1. The van der Waals surface area contributed by atoms with E-state index in [-0.39, 0.29) is 0 Å². The van der Waals surface area contributed by atoms with E-state index in [1.165, 1.54) is 24.9 Å². The zero-order valence-corrected chi connectivity index (χ0v) is 10.2. The van der Waals surface area contributed by atoms with Gasteiger partial charge in [0.15, 0.2) is 0 Å². The van der Waals surface area contributed by atoms with Crippen LogP contribution in [-0.4, -0.2) is 24.1 Å². The third-order valence-corrected chi connectivity index (χ3v) is 2.89. The summed E-state index contributed by atoms with van der Waals surface area (Å²) in [4.78, 5) is 6.81. The Balaban J connectivity index is 2.12. The molecule has 0 amide bonds. The van der Waals surface area contributed by atoms with E-state index in [1.807, 2.05) is 12.4 Å². The number of hydrogen-bond donors (Lipinski definition) is 1. The zero-order chi connectivity index (χ0) is 11.4. The number of aromatic nitrogens is 1. The first-order valence-electron chi connectivity index (χ1n) is 6.30. The molecule has 0 unspecified atom stereocenters. The molecule has 1 heterocycles. The second kappa shape index (κ2) is 5.19. The maximum Gasteiger partial charge on any atom is 0.0575 e. The molecule has 1 saturated carbocycles. The van der Waals surface area contributed by atoms with Gasteiger partial charge < -0.3 is 10.2 Å². The highest BCUT2D eigenvalue weighted by Crippen LogP contribution is 2.32. The minimum Gasteiger partial charge on any atom is -0.384 e. The first-order valence-corrected chi connectivity index (χ1v) is 6.30. The van der Waals surface area contributed by atoms with Crippen molar-refractivity contribution in [3.63, 3.8) is 0 Å². The number of anilines is 2. The minimum atomic E-state index is 0.763. The van der Waals surface area contributed by atoms with Crippen LogP contribution >= 0.6 is 0 Å². The molecule has 0 saturated heterocycles. The topological polar surface area (TPSA) is 28.2 Å². The van der Waals surface area contributed by atoms with Gasteiger partial charge in [0.2, 0.25) is 0 Å². The molecule has 0 aliphatic heterocycles. The third-order valence-electron chi connectivity index (χ3n) is 2.89. The van der Waals surface area contributed by atoms with Crippen molar-refractivity contribution in [2.24, 2.45) is 0 Å². The summed E-state index contributed by atoms with van der Waals surface area (Å²) in [6.07, 6.45) is 7.75. The van der Waals surface area contributed by atoms with Crippen LogP contribution in [0.2, 0.25) is 0 Å². The minimum absolute atomic E-state index is 0.763. The standard InChI is InChI=1S/C13H21N3/c1-3-7-16(12-5-6-12)13-8-11(15-4-2)9-14-10-13/h8-10,12,15H,3-7H2,1-2H3. The summed E-state index contributed by atoms with van der Waals surface area (Å²) in [5, 5.41) is 3.32. The molecule has 3 heteroatoms. The second-order valence-corrected chi connectivity index (χ2v) is 4.39. The average Bonchev–Trinajstić information content (AvgIpc) is 3.11. The lowest BCUT2D eigenvalue weighted by atomic mass is 10.3. The molecule has 1 N–H and O–H groups in total. The molecule has 1 fully saturated rings. The fourth-order valence-corrected chi connectivity index (χ4v) is 2.04. The summed E-state index contributed by atoms with van der Waals surface area (Å²) in [5.74, 6) is 0. The van der Waals surface area contributed by atoms with Crippen molar-refractivity contribution in [1.82, 2.24) is 4.98 Å². The highest BCUT2D eigenvalue weighted by atomic mass is 15.2. The normalized spacial score (nSPS) is 14.9. The van der Waals surface area contributed by atoms with Gasteiger partial charge in [0, 0.05) is 19.1 Å². The predicted octanol–water partition coefficient (Wildman–Crippen LogP) is 2.89. The quantitative estimate of drug-likeness (QED) is 0.797. The lowest BCUT2D eigenvalue weighted by Crippen LogP contribution is -2.26. The Morgan fingerprint density at radius 2 is 2.19 bits per heavy atom. The van der Waals surface area contributed by atoms with Crippen LogP contribution < -0.4 is 10.2 Å². The summed E-state index contributed by atoms with van der Waals surface area (Å²) < 4.78 is 0. The van der Waals surface area contributed by atoms with Crippen LogP contribution in [0.1, 0.15) is 33.1 Å². The summed E-state index contributed by atoms with van der Waals surface area (Å²) in [6.45, 7) is 6.43. The first-order chi connectivity index (χ1) is 7.85. The zero-order valence-electron chi connectivity index (χ0n) is 10.2. The highest BCUT2D eigenvalue weighted by molar-refractivity contribution is 5.56. The van der Waals surface area contributed by atoms with Crippen molar-refractivity contribution in [2.45, 2.75) is 39.2 Å². The van der Waals surface area contributed by atoms with Gasteiger partial charge in [-0.05, 0) is 32.3 Å². The van der Waals surface area contributed by atoms with E-state index in [9.17, 15) is 0 Å². The molecule has 3 nitrogen and oxygen atoms in total. The largest absolute Gasteiger partial charge is 0.384 e. The number of nitrogens with zero attached hydrogens (tertiary/aromatic N) is 2. The lowest BCUT2D eigenvalue weighted by Gasteiger charge is -2.24. The van der Waals surface area contributed by atoms with Gasteiger partial charge in [-0.1, -0.05) is 6.92 Å². The Bertz CT molecular complexity index is 334. The van der Waals surface area contributed by atoms with Crippen LogP contribution in [-0.2, 0) is 0 Å². The Labute approximate surface area is 97.9 Å². The molecule has 0 atom stereocenters. The summed E-state index contributed by atoms with van der Waals surface area (Å²) >= 11 is 0. The van der Waals surface area contributed by atoms with Gasteiger partial charge in [0.25, 0.3) is 0 Å².